The second-order valence-electron chi connectivity index (χ2n) is 4.34. The van der Waals surface area contributed by atoms with Crippen LogP contribution in [-0.4, -0.2) is 16.5 Å². The number of halogens is 2. The Morgan fingerprint density at radius 1 is 1.30 bits per heavy atom. The molecule has 0 saturated heterocycles. The van der Waals surface area contributed by atoms with E-state index in [-0.39, 0.29) is 6.04 Å². The Morgan fingerprint density at radius 2 is 2.05 bits per heavy atom. The van der Waals surface area contributed by atoms with Crippen LogP contribution in [0.15, 0.2) is 35.1 Å². The molecule has 1 heterocycles. The number of nitrogens with zero attached hydrogens (tertiary/aromatic N) is 2. The minimum Gasteiger partial charge on any atom is -0.369 e. The third-order valence-electron chi connectivity index (χ3n) is 2.84. The van der Waals surface area contributed by atoms with E-state index in [9.17, 15) is 0 Å². The summed E-state index contributed by atoms with van der Waals surface area (Å²) in [5, 5.41) is 7.26. The summed E-state index contributed by atoms with van der Waals surface area (Å²) in [5.74, 6) is 1.53. The predicted octanol–water partition coefficient (Wildman–Crippen LogP) is 4.50. The van der Waals surface area contributed by atoms with Crippen molar-refractivity contribution in [3.8, 4) is 0 Å². The van der Waals surface area contributed by atoms with Crippen molar-refractivity contribution >= 4 is 39.2 Å². The molecule has 4 nitrogen and oxygen atoms in total. The van der Waals surface area contributed by atoms with Gasteiger partial charge < -0.3 is 10.6 Å². The SMILES string of the molecule is CCNc1ncnc(NC(C)c2cccc(Cl)c2)c1Br. The van der Waals surface area contributed by atoms with Crippen molar-refractivity contribution in [3.05, 3.63) is 45.7 Å². The van der Waals surface area contributed by atoms with Crippen LogP contribution < -0.4 is 10.6 Å². The first-order chi connectivity index (χ1) is 9.61. The molecule has 0 radical (unpaired) electrons. The Bertz CT molecular complexity index is 591. The third kappa shape index (κ3) is 3.61. The van der Waals surface area contributed by atoms with Crippen molar-refractivity contribution in [1.29, 1.82) is 0 Å². The Labute approximate surface area is 132 Å². The van der Waals surface area contributed by atoms with E-state index in [1.54, 1.807) is 0 Å². The zero-order valence-corrected chi connectivity index (χ0v) is 13.7. The van der Waals surface area contributed by atoms with E-state index in [0.717, 1.165) is 33.2 Å². The minimum atomic E-state index is 0.0920. The van der Waals surface area contributed by atoms with Gasteiger partial charge in [-0.05, 0) is 47.5 Å². The van der Waals surface area contributed by atoms with Crippen LogP contribution in [0.3, 0.4) is 0 Å². The van der Waals surface area contributed by atoms with Gasteiger partial charge in [0.1, 0.15) is 22.4 Å². The first-order valence-corrected chi connectivity index (χ1v) is 7.55. The van der Waals surface area contributed by atoms with Gasteiger partial charge in [0, 0.05) is 11.6 Å². The lowest BCUT2D eigenvalue weighted by atomic mass is 10.1. The lowest BCUT2D eigenvalue weighted by Gasteiger charge is -2.17. The summed E-state index contributed by atoms with van der Waals surface area (Å²) < 4.78 is 0.829. The maximum Gasteiger partial charge on any atom is 0.146 e. The number of nitrogens with one attached hydrogen (secondary N) is 2. The molecule has 0 aliphatic heterocycles. The largest absolute Gasteiger partial charge is 0.369 e. The van der Waals surface area contributed by atoms with Gasteiger partial charge in [0.25, 0.3) is 0 Å². The number of benzene rings is 1. The normalized spacial score (nSPS) is 12.0. The van der Waals surface area contributed by atoms with Crippen LogP contribution in [0.1, 0.15) is 25.5 Å². The molecule has 1 aromatic carbocycles. The van der Waals surface area contributed by atoms with E-state index in [4.69, 9.17) is 11.6 Å². The van der Waals surface area contributed by atoms with Crippen molar-refractivity contribution in [2.24, 2.45) is 0 Å². The van der Waals surface area contributed by atoms with Gasteiger partial charge in [-0.1, -0.05) is 23.7 Å². The van der Waals surface area contributed by atoms with E-state index < -0.39 is 0 Å². The van der Waals surface area contributed by atoms with Crippen LogP contribution >= 0.6 is 27.5 Å². The zero-order chi connectivity index (χ0) is 14.5. The molecule has 1 unspecified atom stereocenters. The molecule has 0 fully saturated rings. The van der Waals surface area contributed by atoms with E-state index in [2.05, 4.69) is 43.5 Å². The summed E-state index contributed by atoms with van der Waals surface area (Å²) in [6, 6.07) is 7.87. The van der Waals surface area contributed by atoms with Crippen LogP contribution in [-0.2, 0) is 0 Å². The molecule has 2 N–H and O–H groups in total. The fourth-order valence-corrected chi connectivity index (χ4v) is 2.48. The smallest absolute Gasteiger partial charge is 0.146 e. The van der Waals surface area contributed by atoms with Crippen molar-refractivity contribution in [2.45, 2.75) is 19.9 Å². The van der Waals surface area contributed by atoms with Crippen LogP contribution in [0.5, 0.6) is 0 Å². The molecule has 20 heavy (non-hydrogen) atoms. The van der Waals surface area contributed by atoms with Gasteiger partial charge in [0.15, 0.2) is 0 Å². The van der Waals surface area contributed by atoms with Gasteiger partial charge in [-0.3, -0.25) is 0 Å². The Kier molecular flexibility index (Phi) is 5.20. The first-order valence-electron chi connectivity index (χ1n) is 6.38. The van der Waals surface area contributed by atoms with Crippen LogP contribution in [0.4, 0.5) is 11.6 Å². The second-order valence-corrected chi connectivity index (χ2v) is 5.57. The molecular formula is C14H16BrClN4. The Hall–Kier alpha value is -1.33. The molecule has 0 bridgehead atoms. The van der Waals surface area contributed by atoms with Gasteiger partial charge in [-0.25, -0.2) is 9.97 Å². The number of hydrogen-bond acceptors (Lipinski definition) is 4. The quantitative estimate of drug-likeness (QED) is 0.829. The fraction of sp³-hybridized carbons (Fsp3) is 0.286. The molecule has 1 atom stereocenters. The van der Waals surface area contributed by atoms with Gasteiger partial charge in [-0.2, -0.15) is 0 Å². The molecule has 0 aliphatic rings. The highest BCUT2D eigenvalue weighted by Gasteiger charge is 2.12. The molecule has 2 aromatic rings. The minimum absolute atomic E-state index is 0.0920. The summed E-state index contributed by atoms with van der Waals surface area (Å²) in [4.78, 5) is 8.46. The van der Waals surface area contributed by atoms with E-state index in [0.29, 0.717) is 0 Å². The summed E-state index contributed by atoms with van der Waals surface area (Å²) in [7, 11) is 0. The van der Waals surface area contributed by atoms with Crippen molar-refractivity contribution in [1.82, 2.24) is 9.97 Å². The highest BCUT2D eigenvalue weighted by molar-refractivity contribution is 9.10. The molecule has 1 aromatic heterocycles. The summed E-state index contributed by atoms with van der Waals surface area (Å²) in [6.07, 6.45) is 1.54. The summed E-state index contributed by atoms with van der Waals surface area (Å²) in [6.45, 7) is 4.89. The van der Waals surface area contributed by atoms with Crippen LogP contribution in [0, 0.1) is 0 Å². The zero-order valence-electron chi connectivity index (χ0n) is 11.3. The summed E-state index contributed by atoms with van der Waals surface area (Å²) in [5.41, 5.74) is 1.10. The van der Waals surface area contributed by atoms with E-state index >= 15 is 0 Å². The highest BCUT2D eigenvalue weighted by atomic mass is 79.9. The lowest BCUT2D eigenvalue weighted by molar-refractivity contribution is 0.869. The van der Waals surface area contributed by atoms with Gasteiger partial charge in [0.2, 0.25) is 0 Å². The topological polar surface area (TPSA) is 49.8 Å². The van der Waals surface area contributed by atoms with Gasteiger partial charge >= 0.3 is 0 Å². The molecule has 0 saturated carbocycles. The van der Waals surface area contributed by atoms with Crippen LogP contribution in [0.2, 0.25) is 5.02 Å². The monoisotopic (exact) mass is 354 g/mol. The Morgan fingerprint density at radius 3 is 2.75 bits per heavy atom. The number of hydrogen-bond donors (Lipinski definition) is 2. The standard InChI is InChI=1S/C14H16BrClN4/c1-3-17-13-12(15)14(19-8-18-13)20-9(2)10-5-4-6-11(16)7-10/h4-9H,3H2,1-2H3,(H2,17,18,19,20). The molecule has 0 amide bonds. The number of anilines is 2. The maximum atomic E-state index is 6.02. The second kappa shape index (κ2) is 6.90. The third-order valence-corrected chi connectivity index (χ3v) is 3.82. The van der Waals surface area contributed by atoms with Crippen molar-refractivity contribution in [3.63, 3.8) is 0 Å². The maximum absolute atomic E-state index is 6.02. The number of aromatic nitrogens is 2. The molecule has 6 heteroatoms. The molecule has 0 aliphatic carbocycles. The first kappa shape index (κ1) is 15.1. The van der Waals surface area contributed by atoms with Crippen LogP contribution in [0.25, 0.3) is 0 Å². The highest BCUT2D eigenvalue weighted by Crippen LogP contribution is 2.29. The van der Waals surface area contributed by atoms with E-state index in [1.165, 1.54) is 6.33 Å². The lowest BCUT2D eigenvalue weighted by Crippen LogP contribution is -2.10. The molecule has 0 spiro atoms. The average Bonchev–Trinajstić information content (AvgIpc) is 2.43. The fourth-order valence-electron chi connectivity index (χ4n) is 1.83. The molecule has 2 rings (SSSR count). The van der Waals surface area contributed by atoms with Gasteiger partial charge in [-0.15, -0.1) is 0 Å². The average molecular weight is 356 g/mol. The summed E-state index contributed by atoms with van der Waals surface area (Å²) >= 11 is 9.54. The molecular weight excluding hydrogens is 340 g/mol. The Balaban J connectivity index is 2.19. The van der Waals surface area contributed by atoms with Crippen molar-refractivity contribution in [2.75, 3.05) is 17.2 Å². The van der Waals surface area contributed by atoms with Crippen molar-refractivity contribution < 1.29 is 0 Å². The number of rotatable bonds is 5. The molecule has 106 valence electrons. The van der Waals surface area contributed by atoms with Gasteiger partial charge in [0.05, 0.1) is 6.04 Å². The van der Waals surface area contributed by atoms with E-state index in [1.807, 2.05) is 31.2 Å². The predicted molar refractivity (Wildman–Crippen MR) is 87.4 cm³/mol.